The molecule has 1 aromatic heterocycles. The molecular formula is C13H25IN4O2. The minimum atomic E-state index is 0. The molecule has 0 aliphatic rings. The second-order valence-corrected chi connectivity index (χ2v) is 4.37. The van der Waals surface area contributed by atoms with Crippen molar-refractivity contribution < 1.29 is 9.15 Å². The summed E-state index contributed by atoms with van der Waals surface area (Å²) in [5, 5.41) is 6.45. The van der Waals surface area contributed by atoms with Crippen LogP contribution in [0.15, 0.2) is 27.8 Å². The summed E-state index contributed by atoms with van der Waals surface area (Å²) < 4.78 is 10.5. The van der Waals surface area contributed by atoms with Crippen molar-refractivity contribution >= 4 is 29.9 Å². The van der Waals surface area contributed by atoms with Gasteiger partial charge in [0.2, 0.25) is 0 Å². The van der Waals surface area contributed by atoms with Crippen molar-refractivity contribution in [1.82, 2.24) is 15.5 Å². The van der Waals surface area contributed by atoms with E-state index < -0.39 is 0 Å². The largest absolute Gasteiger partial charge is 0.468 e. The van der Waals surface area contributed by atoms with Gasteiger partial charge < -0.3 is 19.8 Å². The highest BCUT2D eigenvalue weighted by Gasteiger charge is 2.16. The van der Waals surface area contributed by atoms with Gasteiger partial charge in [0.25, 0.3) is 0 Å². The monoisotopic (exact) mass is 396 g/mol. The Morgan fingerprint density at radius 3 is 2.70 bits per heavy atom. The topological polar surface area (TPSA) is 62.0 Å². The Balaban J connectivity index is 0.00000361. The lowest BCUT2D eigenvalue weighted by atomic mass is 10.2. The van der Waals surface area contributed by atoms with Crippen molar-refractivity contribution in [3.05, 3.63) is 24.2 Å². The number of rotatable bonds is 7. The second-order valence-electron chi connectivity index (χ2n) is 4.37. The van der Waals surface area contributed by atoms with Gasteiger partial charge in [-0.3, -0.25) is 9.89 Å². The minimum Gasteiger partial charge on any atom is -0.468 e. The van der Waals surface area contributed by atoms with Crippen LogP contribution in [0.4, 0.5) is 0 Å². The van der Waals surface area contributed by atoms with Gasteiger partial charge in [-0.2, -0.15) is 0 Å². The molecule has 0 aliphatic carbocycles. The van der Waals surface area contributed by atoms with E-state index in [0.717, 1.165) is 18.3 Å². The molecular weight excluding hydrogens is 371 g/mol. The maximum absolute atomic E-state index is 5.46. The maximum atomic E-state index is 5.46. The van der Waals surface area contributed by atoms with Crippen LogP contribution in [0.25, 0.3) is 0 Å². The Morgan fingerprint density at radius 2 is 2.20 bits per heavy atom. The quantitative estimate of drug-likeness (QED) is 0.315. The molecule has 0 radical (unpaired) electrons. The summed E-state index contributed by atoms with van der Waals surface area (Å²) in [7, 11) is 7.47. The molecule has 0 aliphatic heterocycles. The molecule has 1 heterocycles. The Labute approximate surface area is 138 Å². The summed E-state index contributed by atoms with van der Waals surface area (Å²) in [5.41, 5.74) is 0. The fourth-order valence-corrected chi connectivity index (χ4v) is 1.70. The third-order valence-electron chi connectivity index (χ3n) is 2.78. The minimum absolute atomic E-state index is 0. The van der Waals surface area contributed by atoms with Gasteiger partial charge >= 0.3 is 0 Å². The molecule has 0 amide bonds. The summed E-state index contributed by atoms with van der Waals surface area (Å²) in [4.78, 5) is 6.27. The molecule has 0 aromatic carbocycles. The van der Waals surface area contributed by atoms with Crippen molar-refractivity contribution in [3.63, 3.8) is 0 Å². The van der Waals surface area contributed by atoms with E-state index >= 15 is 0 Å². The first-order valence-electron chi connectivity index (χ1n) is 6.32. The van der Waals surface area contributed by atoms with Gasteiger partial charge in [0.05, 0.1) is 18.9 Å². The molecule has 7 heteroatoms. The molecule has 1 aromatic rings. The molecule has 0 spiro atoms. The predicted octanol–water partition coefficient (Wildman–Crippen LogP) is 1.31. The lowest BCUT2D eigenvalue weighted by molar-refractivity contribution is 0.203. The molecule has 2 N–H and O–H groups in total. The van der Waals surface area contributed by atoms with E-state index in [4.69, 9.17) is 9.15 Å². The normalized spacial score (nSPS) is 12.9. The SMILES string of the molecule is CN=C(NCCOC)NCC(c1ccco1)N(C)C.I. The highest BCUT2D eigenvalue weighted by atomic mass is 127. The lowest BCUT2D eigenvalue weighted by Crippen LogP contribution is -2.42. The van der Waals surface area contributed by atoms with Crippen LogP contribution in [0.1, 0.15) is 11.8 Å². The van der Waals surface area contributed by atoms with Crippen LogP contribution >= 0.6 is 24.0 Å². The fourth-order valence-electron chi connectivity index (χ4n) is 1.70. The maximum Gasteiger partial charge on any atom is 0.191 e. The number of aliphatic imine (C=N–C) groups is 1. The molecule has 20 heavy (non-hydrogen) atoms. The van der Waals surface area contributed by atoms with E-state index in [1.54, 1.807) is 20.4 Å². The molecule has 6 nitrogen and oxygen atoms in total. The van der Waals surface area contributed by atoms with Gasteiger partial charge in [-0.25, -0.2) is 0 Å². The molecule has 0 fully saturated rings. The van der Waals surface area contributed by atoms with Crippen molar-refractivity contribution in [2.75, 3.05) is 47.9 Å². The molecule has 116 valence electrons. The van der Waals surface area contributed by atoms with Crippen LogP contribution in [0.5, 0.6) is 0 Å². The van der Waals surface area contributed by atoms with Crippen molar-refractivity contribution in [1.29, 1.82) is 0 Å². The van der Waals surface area contributed by atoms with E-state index in [9.17, 15) is 0 Å². The lowest BCUT2D eigenvalue weighted by Gasteiger charge is -2.23. The first-order chi connectivity index (χ1) is 9.19. The third-order valence-corrected chi connectivity index (χ3v) is 2.78. The number of halogens is 1. The first kappa shape index (κ1) is 19.2. The standard InChI is InChI=1S/C13H24N4O2.HI/c1-14-13(15-7-9-18-4)16-10-11(17(2)3)12-6-5-8-19-12;/h5-6,8,11H,7,9-10H2,1-4H3,(H2,14,15,16);1H. The summed E-state index contributed by atoms with van der Waals surface area (Å²) in [5.74, 6) is 1.69. The Morgan fingerprint density at radius 1 is 1.45 bits per heavy atom. The van der Waals surface area contributed by atoms with Crippen LogP contribution in [-0.4, -0.2) is 58.8 Å². The van der Waals surface area contributed by atoms with E-state index in [2.05, 4.69) is 20.5 Å². The van der Waals surface area contributed by atoms with Crippen LogP contribution in [0.3, 0.4) is 0 Å². The molecule has 1 rings (SSSR count). The number of methoxy groups -OCH3 is 1. The van der Waals surface area contributed by atoms with Crippen molar-refractivity contribution in [2.45, 2.75) is 6.04 Å². The van der Waals surface area contributed by atoms with Gasteiger partial charge in [-0.1, -0.05) is 0 Å². The number of ether oxygens (including phenoxy) is 1. The zero-order valence-corrected chi connectivity index (χ0v) is 14.9. The number of guanidine groups is 1. The fraction of sp³-hybridized carbons (Fsp3) is 0.615. The number of hydrogen-bond acceptors (Lipinski definition) is 4. The molecule has 0 saturated carbocycles. The van der Waals surface area contributed by atoms with Crippen LogP contribution in [0.2, 0.25) is 0 Å². The van der Waals surface area contributed by atoms with Crippen LogP contribution in [0, 0.1) is 0 Å². The second kappa shape index (κ2) is 10.9. The zero-order chi connectivity index (χ0) is 14.1. The van der Waals surface area contributed by atoms with Gasteiger partial charge in [0.15, 0.2) is 5.96 Å². The summed E-state index contributed by atoms with van der Waals surface area (Å²) >= 11 is 0. The van der Waals surface area contributed by atoms with Gasteiger partial charge in [0, 0.05) is 27.2 Å². The van der Waals surface area contributed by atoms with Gasteiger partial charge in [-0.15, -0.1) is 24.0 Å². The molecule has 0 bridgehead atoms. The van der Waals surface area contributed by atoms with Crippen molar-refractivity contribution in [2.24, 2.45) is 4.99 Å². The first-order valence-corrected chi connectivity index (χ1v) is 6.32. The number of nitrogens with zero attached hydrogens (tertiary/aromatic N) is 2. The van der Waals surface area contributed by atoms with Gasteiger partial charge in [0.1, 0.15) is 5.76 Å². The smallest absolute Gasteiger partial charge is 0.191 e. The molecule has 1 atom stereocenters. The third kappa shape index (κ3) is 6.58. The summed E-state index contributed by atoms with van der Waals surface area (Å²) in [6, 6.07) is 4.04. The van der Waals surface area contributed by atoms with E-state index in [1.165, 1.54) is 0 Å². The van der Waals surface area contributed by atoms with E-state index in [1.807, 2.05) is 26.2 Å². The number of nitrogens with one attached hydrogen (secondary N) is 2. The van der Waals surface area contributed by atoms with E-state index in [-0.39, 0.29) is 30.0 Å². The summed E-state index contributed by atoms with van der Waals surface area (Å²) in [6.07, 6.45) is 1.69. The highest BCUT2D eigenvalue weighted by Crippen LogP contribution is 2.17. The van der Waals surface area contributed by atoms with Gasteiger partial charge in [-0.05, 0) is 26.2 Å². The Bertz CT molecular complexity index is 368. The number of likely N-dealkylation sites (N-methyl/N-ethyl adjacent to an activating group) is 1. The van der Waals surface area contributed by atoms with Crippen LogP contribution < -0.4 is 10.6 Å². The Hall–Kier alpha value is -0.800. The zero-order valence-electron chi connectivity index (χ0n) is 12.5. The number of furan rings is 1. The van der Waals surface area contributed by atoms with E-state index in [0.29, 0.717) is 13.2 Å². The molecule has 1 unspecified atom stereocenters. The average molecular weight is 396 g/mol. The predicted molar refractivity (Wildman–Crippen MR) is 91.8 cm³/mol. The molecule has 0 saturated heterocycles. The Kier molecular flexibility index (Phi) is 10.5. The van der Waals surface area contributed by atoms with Crippen LogP contribution in [-0.2, 0) is 4.74 Å². The average Bonchev–Trinajstić information content (AvgIpc) is 2.90. The highest BCUT2D eigenvalue weighted by molar-refractivity contribution is 14.0. The number of hydrogen-bond donors (Lipinski definition) is 2. The van der Waals surface area contributed by atoms with Crippen molar-refractivity contribution in [3.8, 4) is 0 Å². The summed E-state index contributed by atoms with van der Waals surface area (Å²) in [6.45, 7) is 2.09.